The highest BCUT2D eigenvalue weighted by Gasteiger charge is 2.26. The molecule has 0 aromatic heterocycles. The van der Waals surface area contributed by atoms with Crippen LogP contribution in [0.5, 0.6) is 0 Å². The van der Waals surface area contributed by atoms with Crippen LogP contribution in [-0.2, 0) is 19.0 Å². The summed E-state index contributed by atoms with van der Waals surface area (Å²) < 4.78 is 16.2. The third-order valence-electron chi connectivity index (χ3n) is 2.73. The van der Waals surface area contributed by atoms with Gasteiger partial charge in [0.05, 0.1) is 13.2 Å². The zero-order valence-electron chi connectivity index (χ0n) is 11.4. The Morgan fingerprint density at radius 1 is 1.28 bits per heavy atom. The fourth-order valence-corrected chi connectivity index (χ4v) is 1.58. The van der Waals surface area contributed by atoms with E-state index in [1.54, 1.807) is 0 Å². The van der Waals surface area contributed by atoms with E-state index in [9.17, 15) is 4.79 Å². The van der Waals surface area contributed by atoms with Gasteiger partial charge in [-0.05, 0) is 18.9 Å². The summed E-state index contributed by atoms with van der Waals surface area (Å²) in [6.45, 7) is 5.30. The van der Waals surface area contributed by atoms with Crippen molar-refractivity contribution >= 4 is 5.97 Å². The van der Waals surface area contributed by atoms with Crippen LogP contribution in [0.15, 0.2) is 12.2 Å². The lowest BCUT2D eigenvalue weighted by molar-refractivity contribution is -0.183. The molecule has 4 nitrogen and oxygen atoms in total. The van der Waals surface area contributed by atoms with Gasteiger partial charge in [0.25, 0.3) is 0 Å². The van der Waals surface area contributed by atoms with Gasteiger partial charge in [0, 0.05) is 6.42 Å². The Morgan fingerprint density at radius 2 is 2.00 bits per heavy atom. The first-order valence-corrected chi connectivity index (χ1v) is 6.88. The molecule has 4 heteroatoms. The second-order valence-corrected chi connectivity index (χ2v) is 4.40. The lowest BCUT2D eigenvalue weighted by Gasteiger charge is -2.24. The zero-order valence-corrected chi connectivity index (χ0v) is 11.4. The molecule has 1 aliphatic heterocycles. The minimum Gasteiger partial charge on any atom is -0.464 e. The van der Waals surface area contributed by atoms with Crippen molar-refractivity contribution in [2.24, 2.45) is 0 Å². The fraction of sp³-hybridized carbons (Fsp3) is 0.786. The highest BCUT2D eigenvalue weighted by molar-refractivity contribution is 5.75. The number of rotatable bonds is 8. The van der Waals surface area contributed by atoms with Gasteiger partial charge < -0.3 is 14.2 Å². The van der Waals surface area contributed by atoms with Gasteiger partial charge in [-0.25, -0.2) is 4.79 Å². The average Bonchev–Trinajstić information content (AvgIpc) is 2.39. The van der Waals surface area contributed by atoms with E-state index in [1.807, 2.05) is 12.2 Å². The summed E-state index contributed by atoms with van der Waals surface area (Å²) in [7, 11) is 0. The van der Waals surface area contributed by atoms with E-state index in [1.165, 1.54) is 0 Å². The molecule has 0 aliphatic carbocycles. The average molecular weight is 256 g/mol. The monoisotopic (exact) mass is 256 g/mol. The minimum absolute atomic E-state index is 0.281. The Bertz CT molecular complexity index is 263. The lowest BCUT2D eigenvalue weighted by Crippen LogP contribution is -2.34. The topological polar surface area (TPSA) is 44.8 Å². The first kappa shape index (κ1) is 15.2. The van der Waals surface area contributed by atoms with Crippen molar-refractivity contribution < 1.29 is 19.0 Å². The van der Waals surface area contributed by atoms with Crippen molar-refractivity contribution in [1.29, 1.82) is 0 Å². The van der Waals surface area contributed by atoms with Crippen molar-refractivity contribution in [3.05, 3.63) is 12.2 Å². The Balaban J connectivity index is 2.26. The fourth-order valence-electron chi connectivity index (χ4n) is 1.58. The minimum atomic E-state index is -0.515. The molecule has 0 fully saturated rings. The van der Waals surface area contributed by atoms with Gasteiger partial charge in [0.2, 0.25) is 0 Å². The van der Waals surface area contributed by atoms with Crippen molar-refractivity contribution in [2.45, 2.75) is 58.3 Å². The third kappa shape index (κ3) is 5.65. The molecule has 1 heterocycles. The van der Waals surface area contributed by atoms with E-state index in [0.717, 1.165) is 25.7 Å². The second-order valence-electron chi connectivity index (χ2n) is 4.40. The summed E-state index contributed by atoms with van der Waals surface area (Å²) in [5, 5.41) is 0. The summed E-state index contributed by atoms with van der Waals surface area (Å²) in [5.74, 6) is -0.281. The molecule has 0 radical (unpaired) electrons. The van der Waals surface area contributed by atoms with Crippen molar-refractivity contribution in [2.75, 3.05) is 13.2 Å². The van der Waals surface area contributed by atoms with E-state index in [0.29, 0.717) is 19.6 Å². The zero-order chi connectivity index (χ0) is 13.2. The highest BCUT2D eigenvalue weighted by Crippen LogP contribution is 2.15. The number of carbonyl (C=O) groups excluding carboxylic acids is 1. The maximum atomic E-state index is 11.7. The molecular weight excluding hydrogens is 232 g/mol. The number of ether oxygens (including phenoxy) is 3. The summed E-state index contributed by atoms with van der Waals surface area (Å²) in [4.78, 5) is 11.7. The molecule has 18 heavy (non-hydrogen) atoms. The SMILES string of the molecule is CCCCOC(=O)C1CC=CC(OCCCC)O1. The Labute approximate surface area is 109 Å². The van der Waals surface area contributed by atoms with Crippen LogP contribution in [0.4, 0.5) is 0 Å². The van der Waals surface area contributed by atoms with Crippen LogP contribution in [0.1, 0.15) is 46.0 Å². The van der Waals surface area contributed by atoms with Crippen LogP contribution in [0.25, 0.3) is 0 Å². The summed E-state index contributed by atoms with van der Waals surface area (Å²) in [6.07, 6.45) is 7.41. The molecule has 0 aromatic carbocycles. The molecule has 0 N–H and O–H groups in total. The number of unbranched alkanes of at least 4 members (excludes halogenated alkanes) is 2. The third-order valence-corrected chi connectivity index (χ3v) is 2.73. The van der Waals surface area contributed by atoms with Crippen LogP contribution in [0.2, 0.25) is 0 Å². The van der Waals surface area contributed by atoms with E-state index >= 15 is 0 Å². The van der Waals surface area contributed by atoms with Crippen LogP contribution >= 0.6 is 0 Å². The smallest absolute Gasteiger partial charge is 0.335 e. The first-order valence-electron chi connectivity index (χ1n) is 6.88. The molecule has 0 bridgehead atoms. The molecule has 104 valence electrons. The number of esters is 1. The van der Waals surface area contributed by atoms with Crippen LogP contribution in [0, 0.1) is 0 Å². The van der Waals surface area contributed by atoms with E-state index in [2.05, 4.69) is 13.8 Å². The Kier molecular flexibility index (Phi) is 7.69. The molecule has 0 saturated heterocycles. The molecule has 0 spiro atoms. The maximum absolute atomic E-state index is 11.7. The van der Waals surface area contributed by atoms with Gasteiger partial charge in [-0.2, -0.15) is 0 Å². The van der Waals surface area contributed by atoms with Crippen LogP contribution in [0.3, 0.4) is 0 Å². The van der Waals surface area contributed by atoms with Crippen LogP contribution in [-0.4, -0.2) is 31.6 Å². The van der Waals surface area contributed by atoms with Gasteiger partial charge in [0.1, 0.15) is 0 Å². The predicted molar refractivity (Wildman–Crippen MR) is 69.1 cm³/mol. The number of carbonyl (C=O) groups is 1. The van der Waals surface area contributed by atoms with Crippen molar-refractivity contribution in [1.82, 2.24) is 0 Å². The molecule has 0 amide bonds. The quantitative estimate of drug-likeness (QED) is 0.380. The number of hydrogen-bond acceptors (Lipinski definition) is 4. The van der Waals surface area contributed by atoms with E-state index < -0.39 is 12.4 Å². The summed E-state index contributed by atoms with van der Waals surface area (Å²) in [6, 6.07) is 0. The standard InChI is InChI=1S/C14H24O4/c1-3-5-10-16-13-9-7-8-12(18-13)14(15)17-11-6-4-2/h7,9,12-13H,3-6,8,10-11H2,1-2H3. The maximum Gasteiger partial charge on any atom is 0.335 e. The highest BCUT2D eigenvalue weighted by atomic mass is 16.7. The van der Waals surface area contributed by atoms with Crippen LogP contribution < -0.4 is 0 Å². The van der Waals surface area contributed by atoms with Gasteiger partial charge in [-0.3, -0.25) is 0 Å². The Morgan fingerprint density at radius 3 is 2.72 bits per heavy atom. The Hall–Kier alpha value is -0.870. The molecule has 2 atom stereocenters. The van der Waals surface area contributed by atoms with Crippen molar-refractivity contribution in [3.8, 4) is 0 Å². The molecule has 1 aliphatic rings. The summed E-state index contributed by atoms with van der Waals surface area (Å²) >= 11 is 0. The number of hydrogen-bond donors (Lipinski definition) is 0. The van der Waals surface area contributed by atoms with Crippen molar-refractivity contribution in [3.63, 3.8) is 0 Å². The van der Waals surface area contributed by atoms with E-state index in [-0.39, 0.29) is 5.97 Å². The lowest BCUT2D eigenvalue weighted by atomic mass is 10.2. The first-order chi connectivity index (χ1) is 8.77. The largest absolute Gasteiger partial charge is 0.464 e. The summed E-state index contributed by atoms with van der Waals surface area (Å²) in [5.41, 5.74) is 0. The van der Waals surface area contributed by atoms with E-state index in [4.69, 9.17) is 14.2 Å². The molecule has 1 rings (SSSR count). The van der Waals surface area contributed by atoms with Gasteiger partial charge >= 0.3 is 5.97 Å². The molecular formula is C14H24O4. The van der Waals surface area contributed by atoms with Gasteiger partial charge in [-0.1, -0.05) is 32.8 Å². The normalized spacial score (nSPS) is 23.0. The predicted octanol–water partition coefficient (Wildman–Crippen LogP) is 2.82. The van der Waals surface area contributed by atoms with Gasteiger partial charge in [0.15, 0.2) is 12.4 Å². The molecule has 0 saturated carbocycles. The molecule has 2 unspecified atom stereocenters. The van der Waals surface area contributed by atoms with Gasteiger partial charge in [-0.15, -0.1) is 0 Å². The second kappa shape index (κ2) is 9.11. The molecule has 0 aromatic rings.